The highest BCUT2D eigenvalue weighted by Gasteiger charge is 1.95. The maximum atomic E-state index is 13.3. The molecule has 96 valence electrons. The van der Waals surface area contributed by atoms with Gasteiger partial charge in [-0.2, -0.15) is 0 Å². The third kappa shape index (κ3) is 11.7. The fraction of sp³-hybridized carbons (Fsp3) is 0.867. The van der Waals surface area contributed by atoms with E-state index in [0.717, 1.165) is 19.3 Å². The first-order valence-corrected chi connectivity index (χ1v) is 7.15. The van der Waals surface area contributed by atoms with E-state index >= 15 is 0 Å². The van der Waals surface area contributed by atoms with E-state index in [1.165, 1.54) is 44.9 Å². The van der Waals surface area contributed by atoms with Crippen molar-refractivity contribution in [1.82, 2.24) is 0 Å². The lowest BCUT2D eigenvalue weighted by Gasteiger charge is -1.99. The molecule has 0 unspecified atom stereocenters. The molecule has 16 heavy (non-hydrogen) atoms. The fourth-order valence-electron chi connectivity index (χ4n) is 1.83. The van der Waals surface area contributed by atoms with E-state index in [-0.39, 0.29) is 5.83 Å². The first-order chi connectivity index (χ1) is 7.81. The SMILES string of the molecule is CCCCCCC/C=C(/F)CCCCCC. The molecule has 0 N–H and O–H groups in total. The molecule has 0 nitrogen and oxygen atoms in total. The van der Waals surface area contributed by atoms with E-state index in [2.05, 4.69) is 13.8 Å². The predicted molar refractivity (Wildman–Crippen MR) is 71.3 cm³/mol. The Morgan fingerprint density at radius 2 is 1.38 bits per heavy atom. The molecule has 0 bridgehead atoms. The Morgan fingerprint density at radius 1 is 0.812 bits per heavy atom. The molecule has 0 fully saturated rings. The van der Waals surface area contributed by atoms with Crippen LogP contribution in [0.15, 0.2) is 11.9 Å². The number of rotatable bonds is 11. The van der Waals surface area contributed by atoms with Gasteiger partial charge in [0.2, 0.25) is 0 Å². The molecule has 0 aromatic rings. The molecule has 0 radical (unpaired) electrons. The fourth-order valence-corrected chi connectivity index (χ4v) is 1.83. The number of hydrogen-bond donors (Lipinski definition) is 0. The molecular formula is C15H29F. The summed E-state index contributed by atoms with van der Waals surface area (Å²) in [4.78, 5) is 0. The lowest BCUT2D eigenvalue weighted by atomic mass is 10.1. The average molecular weight is 228 g/mol. The number of unbranched alkanes of at least 4 members (excludes halogenated alkanes) is 8. The minimum absolute atomic E-state index is 0.117. The lowest BCUT2D eigenvalue weighted by Crippen LogP contribution is -1.80. The van der Waals surface area contributed by atoms with Crippen molar-refractivity contribution in [2.45, 2.75) is 84.5 Å². The quantitative estimate of drug-likeness (QED) is 0.371. The summed E-state index contributed by atoms with van der Waals surface area (Å²) in [6.45, 7) is 4.40. The zero-order valence-corrected chi connectivity index (χ0v) is 11.2. The highest BCUT2D eigenvalue weighted by molar-refractivity contribution is 4.91. The van der Waals surface area contributed by atoms with Crippen LogP contribution in [0.25, 0.3) is 0 Å². The summed E-state index contributed by atoms with van der Waals surface area (Å²) in [5, 5.41) is 0. The van der Waals surface area contributed by atoms with Crippen molar-refractivity contribution in [2.24, 2.45) is 0 Å². The normalized spacial score (nSPS) is 12.1. The number of allylic oxidation sites excluding steroid dienone is 2. The van der Waals surface area contributed by atoms with Crippen molar-refractivity contribution in [3.05, 3.63) is 11.9 Å². The number of halogens is 1. The lowest BCUT2D eigenvalue weighted by molar-refractivity contribution is 0.544. The van der Waals surface area contributed by atoms with Gasteiger partial charge in [0.25, 0.3) is 0 Å². The molecule has 0 aliphatic rings. The Balaban J connectivity index is 3.26. The van der Waals surface area contributed by atoms with Crippen LogP contribution in [0.3, 0.4) is 0 Å². The number of hydrogen-bond acceptors (Lipinski definition) is 0. The maximum Gasteiger partial charge on any atom is 0.0959 e. The van der Waals surface area contributed by atoms with Crippen molar-refractivity contribution in [3.63, 3.8) is 0 Å². The summed E-state index contributed by atoms with van der Waals surface area (Å²) in [5.74, 6) is 0.117. The van der Waals surface area contributed by atoms with Gasteiger partial charge >= 0.3 is 0 Å². The largest absolute Gasteiger partial charge is 0.212 e. The molecule has 0 amide bonds. The molecule has 0 rings (SSSR count). The summed E-state index contributed by atoms with van der Waals surface area (Å²) >= 11 is 0. The van der Waals surface area contributed by atoms with Gasteiger partial charge in [0, 0.05) is 0 Å². The maximum absolute atomic E-state index is 13.3. The predicted octanol–water partition coefficient (Wildman–Crippen LogP) is 6.17. The third-order valence-corrected chi connectivity index (χ3v) is 2.94. The van der Waals surface area contributed by atoms with Crippen LogP contribution in [0.2, 0.25) is 0 Å². The molecule has 0 saturated heterocycles. The molecule has 1 heteroatoms. The van der Waals surface area contributed by atoms with Crippen LogP contribution >= 0.6 is 0 Å². The Labute approximate surface area is 101 Å². The summed E-state index contributed by atoms with van der Waals surface area (Å²) in [7, 11) is 0. The first-order valence-electron chi connectivity index (χ1n) is 7.15. The summed E-state index contributed by atoms with van der Waals surface area (Å²) in [5.41, 5.74) is 0. The summed E-state index contributed by atoms with van der Waals surface area (Å²) in [6, 6.07) is 0. The highest BCUT2D eigenvalue weighted by Crippen LogP contribution is 2.13. The van der Waals surface area contributed by atoms with Crippen LogP contribution in [0.5, 0.6) is 0 Å². The minimum Gasteiger partial charge on any atom is -0.212 e. The first kappa shape index (κ1) is 15.7. The zero-order chi connectivity index (χ0) is 12.1. The van der Waals surface area contributed by atoms with Crippen LogP contribution in [-0.4, -0.2) is 0 Å². The van der Waals surface area contributed by atoms with Gasteiger partial charge < -0.3 is 0 Å². The average Bonchev–Trinajstić information content (AvgIpc) is 2.29. The Kier molecular flexibility index (Phi) is 12.5. The molecule has 0 aromatic carbocycles. The summed E-state index contributed by atoms with van der Waals surface area (Å²) < 4.78 is 13.3. The summed E-state index contributed by atoms with van der Waals surface area (Å²) in [6.07, 6.45) is 14.4. The van der Waals surface area contributed by atoms with Crippen molar-refractivity contribution in [2.75, 3.05) is 0 Å². The molecule has 0 aromatic heterocycles. The zero-order valence-electron chi connectivity index (χ0n) is 11.2. The van der Waals surface area contributed by atoms with Crippen LogP contribution in [-0.2, 0) is 0 Å². The second-order valence-electron chi connectivity index (χ2n) is 4.66. The molecule has 0 saturated carbocycles. The third-order valence-electron chi connectivity index (χ3n) is 2.94. The molecule has 0 spiro atoms. The second kappa shape index (κ2) is 12.7. The van der Waals surface area contributed by atoms with Gasteiger partial charge in [-0.3, -0.25) is 0 Å². The molecule has 0 atom stereocenters. The van der Waals surface area contributed by atoms with Crippen LogP contribution in [0, 0.1) is 0 Å². The standard InChI is InChI=1S/C15H29F/c1-3-5-7-9-10-12-14-15(16)13-11-8-6-4-2/h14H,3-13H2,1-2H3/b15-14+. The van der Waals surface area contributed by atoms with Crippen LogP contribution < -0.4 is 0 Å². The van der Waals surface area contributed by atoms with Crippen LogP contribution in [0.4, 0.5) is 4.39 Å². The van der Waals surface area contributed by atoms with Gasteiger partial charge in [0.15, 0.2) is 0 Å². The van der Waals surface area contributed by atoms with E-state index in [9.17, 15) is 4.39 Å². The van der Waals surface area contributed by atoms with Crippen molar-refractivity contribution >= 4 is 0 Å². The molecule has 0 heterocycles. The monoisotopic (exact) mass is 228 g/mol. The Morgan fingerprint density at radius 3 is 2.00 bits per heavy atom. The Hall–Kier alpha value is -0.330. The van der Waals surface area contributed by atoms with Gasteiger partial charge in [-0.15, -0.1) is 0 Å². The molecular weight excluding hydrogens is 199 g/mol. The van der Waals surface area contributed by atoms with Gasteiger partial charge in [-0.1, -0.05) is 64.9 Å². The van der Waals surface area contributed by atoms with Gasteiger partial charge in [0.05, 0.1) is 5.83 Å². The highest BCUT2D eigenvalue weighted by atomic mass is 19.1. The van der Waals surface area contributed by atoms with E-state index in [1.807, 2.05) is 0 Å². The van der Waals surface area contributed by atoms with Crippen molar-refractivity contribution < 1.29 is 4.39 Å². The van der Waals surface area contributed by atoms with E-state index in [1.54, 1.807) is 6.08 Å². The van der Waals surface area contributed by atoms with E-state index < -0.39 is 0 Å². The van der Waals surface area contributed by atoms with Gasteiger partial charge in [-0.25, -0.2) is 4.39 Å². The van der Waals surface area contributed by atoms with Gasteiger partial charge in [-0.05, 0) is 25.7 Å². The van der Waals surface area contributed by atoms with Crippen LogP contribution in [0.1, 0.15) is 84.5 Å². The topological polar surface area (TPSA) is 0 Å². The minimum atomic E-state index is 0.117. The van der Waals surface area contributed by atoms with Crippen molar-refractivity contribution in [1.29, 1.82) is 0 Å². The van der Waals surface area contributed by atoms with E-state index in [0.29, 0.717) is 6.42 Å². The Bertz CT molecular complexity index is 161. The molecule has 0 aliphatic heterocycles. The van der Waals surface area contributed by atoms with Gasteiger partial charge in [0.1, 0.15) is 0 Å². The van der Waals surface area contributed by atoms with Crippen molar-refractivity contribution in [3.8, 4) is 0 Å². The van der Waals surface area contributed by atoms with E-state index in [4.69, 9.17) is 0 Å². The second-order valence-corrected chi connectivity index (χ2v) is 4.66. The smallest absolute Gasteiger partial charge is 0.0959 e. The molecule has 0 aliphatic carbocycles.